The molecule has 1 aromatic carbocycles. The molecule has 5 heteroatoms. The first kappa shape index (κ1) is 24.0. The van der Waals surface area contributed by atoms with Gasteiger partial charge in [0, 0.05) is 30.2 Å². The van der Waals surface area contributed by atoms with E-state index < -0.39 is 6.67 Å². The van der Waals surface area contributed by atoms with Crippen molar-refractivity contribution in [1.82, 2.24) is 0 Å². The molecular weight excluding hydrogens is 319 g/mol. The fraction of sp³-hybridized carbons (Fsp3) is 0.500. The van der Waals surface area contributed by atoms with Gasteiger partial charge in [0.1, 0.15) is 0 Å². The van der Waals surface area contributed by atoms with Crippen molar-refractivity contribution in [3.05, 3.63) is 48.0 Å². The Kier molecular flexibility index (Phi) is 17.9. The molecule has 0 heterocycles. The van der Waals surface area contributed by atoms with E-state index in [1.165, 1.54) is 0 Å². The van der Waals surface area contributed by atoms with Crippen LogP contribution in [-0.4, -0.2) is 32.0 Å². The molecule has 0 aromatic heterocycles. The minimum atomic E-state index is -0.445. The van der Waals surface area contributed by atoms with Gasteiger partial charge in [-0.1, -0.05) is 11.6 Å². The Balaban J connectivity index is 0. The van der Waals surface area contributed by atoms with Gasteiger partial charge in [-0.15, -0.1) is 13.2 Å². The highest BCUT2D eigenvalue weighted by atomic mass is 35.5. The number of benzene rings is 1. The van der Waals surface area contributed by atoms with Gasteiger partial charge in [0.25, 0.3) is 0 Å². The normalized spacial score (nSPS) is 9.48. The van der Waals surface area contributed by atoms with Crippen molar-refractivity contribution in [2.45, 2.75) is 39.9 Å². The van der Waals surface area contributed by atoms with Crippen molar-refractivity contribution in [2.75, 3.05) is 19.9 Å². The van der Waals surface area contributed by atoms with Gasteiger partial charge in [0.2, 0.25) is 0 Å². The summed E-state index contributed by atoms with van der Waals surface area (Å²) in [4.78, 5) is 11.3. The van der Waals surface area contributed by atoms with Crippen LogP contribution in [0.5, 0.6) is 0 Å². The molecule has 0 aliphatic rings. The zero-order valence-electron chi connectivity index (χ0n) is 14.3. The number of Topliss-reactive ketones (excluding diaryl/α,β-unsaturated/α-hetero) is 1. The van der Waals surface area contributed by atoms with Gasteiger partial charge in [0.05, 0.1) is 6.67 Å². The molecule has 0 bridgehead atoms. The van der Waals surface area contributed by atoms with Crippen LogP contribution in [0.3, 0.4) is 0 Å². The maximum absolute atomic E-state index is 11.8. The summed E-state index contributed by atoms with van der Waals surface area (Å²) in [5.41, 5.74) is 0.595. The highest BCUT2D eigenvalue weighted by Crippen LogP contribution is 2.11. The van der Waals surface area contributed by atoms with Gasteiger partial charge >= 0.3 is 0 Å². The summed E-state index contributed by atoms with van der Waals surface area (Å²) in [5.74, 6) is -0.0330. The molecule has 0 unspecified atom stereocenters. The second-order valence-corrected chi connectivity index (χ2v) is 4.64. The Morgan fingerprint density at radius 3 is 2.04 bits per heavy atom. The number of ketones is 1. The Labute approximate surface area is 144 Å². The third-order valence-electron chi connectivity index (χ3n) is 2.51. The number of carbonyl (C=O) groups excluding carboxylic acids is 1. The van der Waals surface area contributed by atoms with E-state index in [1.807, 2.05) is 20.8 Å². The lowest BCUT2D eigenvalue weighted by atomic mass is 10.1. The number of alkyl halides is 1. The maximum atomic E-state index is 11.8. The maximum Gasteiger partial charge on any atom is 0.162 e. The van der Waals surface area contributed by atoms with Crippen LogP contribution in [-0.2, 0) is 9.47 Å². The third kappa shape index (κ3) is 14.1. The molecule has 0 fully saturated rings. The van der Waals surface area contributed by atoms with E-state index in [0.717, 1.165) is 13.2 Å². The smallest absolute Gasteiger partial charge is 0.162 e. The number of hydrogen-bond donors (Lipinski definition) is 0. The molecule has 23 heavy (non-hydrogen) atoms. The number of halogens is 2. The summed E-state index contributed by atoms with van der Waals surface area (Å²) >= 11 is 5.65. The molecule has 0 aliphatic carbocycles. The van der Waals surface area contributed by atoms with Crippen LogP contribution >= 0.6 is 11.6 Å². The molecule has 132 valence electrons. The highest BCUT2D eigenvalue weighted by molar-refractivity contribution is 6.30. The largest absolute Gasteiger partial charge is 0.353 e. The van der Waals surface area contributed by atoms with Crippen LogP contribution < -0.4 is 0 Å². The molecule has 3 nitrogen and oxygen atoms in total. The van der Waals surface area contributed by atoms with E-state index in [0.29, 0.717) is 17.0 Å². The lowest BCUT2D eigenvalue weighted by molar-refractivity contribution is -0.123. The van der Waals surface area contributed by atoms with Gasteiger partial charge in [-0.05, 0) is 51.5 Å². The zero-order chi connectivity index (χ0) is 18.1. The predicted octanol–water partition coefficient (Wildman–Crippen LogP) is 5.48. The molecule has 0 amide bonds. The first-order valence-corrected chi connectivity index (χ1v) is 8.00. The van der Waals surface area contributed by atoms with Gasteiger partial charge in [-0.2, -0.15) is 0 Å². The fourth-order valence-electron chi connectivity index (χ4n) is 1.53. The molecule has 0 radical (unpaired) electrons. The van der Waals surface area contributed by atoms with Crippen molar-refractivity contribution in [2.24, 2.45) is 0 Å². The Bertz CT molecular complexity index is 390. The van der Waals surface area contributed by atoms with Gasteiger partial charge in [0.15, 0.2) is 12.1 Å². The molecule has 0 saturated heterocycles. The number of ether oxygens (including phenoxy) is 2. The number of hydrogen-bond acceptors (Lipinski definition) is 3. The van der Waals surface area contributed by atoms with Crippen LogP contribution in [0.25, 0.3) is 0 Å². The van der Waals surface area contributed by atoms with Crippen molar-refractivity contribution >= 4 is 17.4 Å². The highest BCUT2D eigenvalue weighted by Gasteiger charge is 2.04. The van der Waals surface area contributed by atoms with Crippen molar-refractivity contribution in [3.63, 3.8) is 0 Å². The Hall–Kier alpha value is -1.23. The summed E-state index contributed by atoms with van der Waals surface area (Å²) in [6, 6.07) is 6.63. The monoisotopic (exact) mass is 346 g/mol. The minimum absolute atomic E-state index is 0.0330. The quantitative estimate of drug-likeness (QED) is 0.355. The van der Waals surface area contributed by atoms with Crippen LogP contribution in [0.2, 0.25) is 5.02 Å². The van der Waals surface area contributed by atoms with Crippen LogP contribution in [0.4, 0.5) is 4.39 Å². The van der Waals surface area contributed by atoms with E-state index in [1.54, 1.807) is 24.3 Å². The molecule has 1 aromatic rings. The average molecular weight is 347 g/mol. The molecule has 0 saturated carbocycles. The van der Waals surface area contributed by atoms with E-state index >= 15 is 0 Å². The first-order chi connectivity index (χ1) is 11.0. The van der Waals surface area contributed by atoms with Crippen LogP contribution in [0, 0.1) is 0 Å². The van der Waals surface area contributed by atoms with Crippen LogP contribution in [0.1, 0.15) is 44.0 Å². The number of carbonyl (C=O) groups is 1. The SMILES string of the molecule is C=C.CCOC(C)OCC.O=C(CCCF)c1ccc(Cl)cc1. The van der Waals surface area contributed by atoms with E-state index in [2.05, 4.69) is 13.2 Å². The van der Waals surface area contributed by atoms with E-state index in [4.69, 9.17) is 21.1 Å². The molecule has 0 aliphatic heterocycles. The Morgan fingerprint density at radius 2 is 1.65 bits per heavy atom. The van der Waals surface area contributed by atoms with E-state index in [9.17, 15) is 9.18 Å². The molecule has 0 spiro atoms. The summed E-state index contributed by atoms with van der Waals surface area (Å²) < 4.78 is 21.9. The van der Waals surface area contributed by atoms with Gasteiger partial charge < -0.3 is 9.47 Å². The van der Waals surface area contributed by atoms with Gasteiger partial charge in [-0.3, -0.25) is 9.18 Å². The molecule has 0 atom stereocenters. The van der Waals surface area contributed by atoms with Gasteiger partial charge in [-0.25, -0.2) is 0 Å². The summed E-state index contributed by atoms with van der Waals surface area (Å²) in [5, 5.41) is 0.599. The molecule has 1 rings (SSSR count). The first-order valence-electron chi connectivity index (χ1n) is 7.63. The summed E-state index contributed by atoms with van der Waals surface area (Å²) in [6.07, 6.45) is 0.518. The topological polar surface area (TPSA) is 35.5 Å². The molecular formula is C18H28ClFO3. The van der Waals surface area contributed by atoms with Crippen molar-refractivity contribution < 1.29 is 18.7 Å². The lowest BCUT2D eigenvalue weighted by Crippen LogP contribution is -2.11. The van der Waals surface area contributed by atoms with Crippen molar-refractivity contribution in [3.8, 4) is 0 Å². The fourth-order valence-corrected chi connectivity index (χ4v) is 1.65. The predicted molar refractivity (Wildman–Crippen MR) is 95.0 cm³/mol. The van der Waals surface area contributed by atoms with Crippen LogP contribution in [0.15, 0.2) is 37.4 Å². The zero-order valence-corrected chi connectivity index (χ0v) is 15.1. The second-order valence-electron chi connectivity index (χ2n) is 4.20. The summed E-state index contributed by atoms with van der Waals surface area (Å²) in [6.45, 7) is 12.8. The van der Waals surface area contributed by atoms with Crippen molar-refractivity contribution in [1.29, 1.82) is 0 Å². The second kappa shape index (κ2) is 17.1. The third-order valence-corrected chi connectivity index (χ3v) is 2.76. The average Bonchev–Trinajstić information content (AvgIpc) is 2.56. The standard InChI is InChI=1S/C10H10ClFO.C6H14O2.C2H4/c11-9-5-3-8(4-6-9)10(13)2-1-7-12;1-4-7-6(3)8-5-2;1-2/h3-6H,1-2,7H2;6H,4-5H2,1-3H3;1-2H2. The lowest BCUT2D eigenvalue weighted by Gasteiger charge is -2.09. The van der Waals surface area contributed by atoms with E-state index in [-0.39, 0.29) is 18.5 Å². The Morgan fingerprint density at radius 1 is 1.17 bits per heavy atom. The number of rotatable bonds is 8. The molecule has 0 N–H and O–H groups in total. The minimum Gasteiger partial charge on any atom is -0.353 e. The summed E-state index contributed by atoms with van der Waals surface area (Å²) in [7, 11) is 0.